The zero-order chi connectivity index (χ0) is 14.5. The molecule has 1 aromatic carbocycles. The highest BCUT2D eigenvalue weighted by atomic mass is 19.1. The molecule has 0 saturated heterocycles. The van der Waals surface area contributed by atoms with Crippen LogP contribution >= 0.6 is 0 Å². The number of anilines is 1. The summed E-state index contributed by atoms with van der Waals surface area (Å²) in [5, 5.41) is 12.6. The number of hydrogen-bond donors (Lipinski definition) is 2. The third-order valence-electron chi connectivity index (χ3n) is 3.62. The van der Waals surface area contributed by atoms with Gasteiger partial charge in [-0.05, 0) is 37.0 Å². The quantitative estimate of drug-likeness (QED) is 0.787. The van der Waals surface area contributed by atoms with Crippen LogP contribution in [0.25, 0.3) is 0 Å². The van der Waals surface area contributed by atoms with Crippen molar-refractivity contribution in [3.05, 3.63) is 30.1 Å². The minimum atomic E-state index is -1.04. The molecule has 0 aliphatic carbocycles. The summed E-state index contributed by atoms with van der Waals surface area (Å²) in [4.78, 5) is 11.6. The molecule has 0 aromatic heterocycles. The average molecular weight is 267 g/mol. The molecule has 0 aliphatic rings. The summed E-state index contributed by atoms with van der Waals surface area (Å²) in [7, 11) is 0. The fraction of sp³-hybridized carbons (Fsp3) is 0.533. The number of carboxylic acids is 1. The molecule has 0 heterocycles. The lowest BCUT2D eigenvalue weighted by Gasteiger charge is -2.32. The summed E-state index contributed by atoms with van der Waals surface area (Å²) in [6.07, 6.45) is 1.88. The first kappa shape index (κ1) is 15.5. The van der Waals surface area contributed by atoms with Crippen LogP contribution in [0.4, 0.5) is 10.1 Å². The summed E-state index contributed by atoms with van der Waals surface area (Å²) in [6.45, 7) is 5.90. The number of rotatable bonds is 7. The molecule has 0 radical (unpaired) electrons. The Labute approximate surface area is 113 Å². The van der Waals surface area contributed by atoms with Gasteiger partial charge in [0.05, 0.1) is 0 Å². The van der Waals surface area contributed by atoms with Gasteiger partial charge in [0.15, 0.2) is 0 Å². The van der Waals surface area contributed by atoms with Gasteiger partial charge in [0.2, 0.25) is 0 Å². The highest BCUT2D eigenvalue weighted by molar-refractivity contribution is 5.82. The van der Waals surface area contributed by atoms with Crippen molar-refractivity contribution in [2.45, 2.75) is 45.6 Å². The third-order valence-corrected chi connectivity index (χ3v) is 3.62. The van der Waals surface area contributed by atoms with Crippen molar-refractivity contribution >= 4 is 11.7 Å². The predicted molar refractivity (Wildman–Crippen MR) is 74.8 cm³/mol. The van der Waals surface area contributed by atoms with E-state index in [4.69, 9.17) is 0 Å². The van der Waals surface area contributed by atoms with Gasteiger partial charge in [-0.3, -0.25) is 0 Å². The van der Waals surface area contributed by atoms with Crippen LogP contribution in [0.2, 0.25) is 0 Å². The van der Waals surface area contributed by atoms with Crippen LogP contribution in [-0.2, 0) is 4.79 Å². The number of nitrogens with one attached hydrogen (secondary N) is 1. The van der Waals surface area contributed by atoms with Gasteiger partial charge in [0, 0.05) is 5.69 Å². The fourth-order valence-corrected chi connectivity index (χ4v) is 2.16. The van der Waals surface area contributed by atoms with E-state index >= 15 is 0 Å². The lowest BCUT2D eigenvalue weighted by molar-refractivity contribution is -0.143. The molecule has 19 heavy (non-hydrogen) atoms. The van der Waals surface area contributed by atoms with Crippen molar-refractivity contribution in [2.24, 2.45) is 5.92 Å². The predicted octanol–water partition coefficient (Wildman–Crippen LogP) is 3.91. The first-order chi connectivity index (χ1) is 8.93. The maximum Gasteiger partial charge on any atom is 0.329 e. The van der Waals surface area contributed by atoms with Crippen molar-refractivity contribution < 1.29 is 14.3 Å². The second kappa shape index (κ2) is 6.55. The second-order valence-corrected chi connectivity index (χ2v) is 5.09. The van der Waals surface area contributed by atoms with Crippen LogP contribution in [-0.4, -0.2) is 16.6 Å². The topological polar surface area (TPSA) is 49.3 Å². The lowest BCUT2D eigenvalue weighted by Crippen LogP contribution is -2.47. The van der Waals surface area contributed by atoms with E-state index in [0.717, 1.165) is 6.42 Å². The molecule has 2 atom stereocenters. The van der Waals surface area contributed by atoms with Crippen LogP contribution in [0.3, 0.4) is 0 Å². The van der Waals surface area contributed by atoms with Crippen molar-refractivity contribution in [3.8, 4) is 0 Å². The van der Waals surface area contributed by atoms with E-state index in [1.807, 2.05) is 20.8 Å². The largest absolute Gasteiger partial charge is 0.480 e. The minimum absolute atomic E-state index is 0.289. The molecule has 1 rings (SSSR count). The first-order valence-electron chi connectivity index (χ1n) is 6.70. The number of aliphatic carboxylic acids is 1. The van der Waals surface area contributed by atoms with Crippen molar-refractivity contribution in [1.82, 2.24) is 0 Å². The summed E-state index contributed by atoms with van der Waals surface area (Å²) < 4.78 is 13.2. The van der Waals surface area contributed by atoms with E-state index in [2.05, 4.69) is 5.32 Å². The Kier molecular flexibility index (Phi) is 5.33. The fourth-order valence-electron chi connectivity index (χ4n) is 2.16. The molecule has 4 heteroatoms. The number of carboxylic acid groups (broad SMARTS) is 1. The molecular weight excluding hydrogens is 245 g/mol. The number of carbonyl (C=O) groups is 1. The van der Waals surface area contributed by atoms with Crippen LogP contribution in [0.1, 0.15) is 40.0 Å². The van der Waals surface area contributed by atoms with E-state index in [0.29, 0.717) is 18.5 Å². The highest BCUT2D eigenvalue weighted by Crippen LogP contribution is 2.28. The van der Waals surface area contributed by atoms with Gasteiger partial charge in [-0.1, -0.05) is 33.3 Å². The summed E-state index contributed by atoms with van der Waals surface area (Å²) in [5.41, 5.74) is -0.531. The molecule has 2 N–H and O–H groups in total. The Morgan fingerprint density at radius 3 is 2.63 bits per heavy atom. The summed E-state index contributed by atoms with van der Waals surface area (Å²) in [5.74, 6) is -0.972. The van der Waals surface area contributed by atoms with Crippen LogP contribution < -0.4 is 5.32 Å². The molecule has 0 saturated carbocycles. The smallest absolute Gasteiger partial charge is 0.329 e. The van der Waals surface area contributed by atoms with Gasteiger partial charge in [-0.15, -0.1) is 0 Å². The SMILES string of the molecule is CCC(C)CC(CC)(Nc1cccc(F)c1)C(=O)O. The lowest BCUT2D eigenvalue weighted by atomic mass is 9.84. The highest BCUT2D eigenvalue weighted by Gasteiger charge is 2.37. The zero-order valence-corrected chi connectivity index (χ0v) is 11.7. The van der Waals surface area contributed by atoms with Crippen molar-refractivity contribution in [2.75, 3.05) is 5.32 Å². The molecule has 0 amide bonds. The Balaban J connectivity index is 3.00. The van der Waals surface area contributed by atoms with Crippen LogP contribution in [0.15, 0.2) is 24.3 Å². The Hall–Kier alpha value is -1.58. The maximum absolute atomic E-state index is 13.2. The van der Waals surface area contributed by atoms with Crippen LogP contribution in [0.5, 0.6) is 0 Å². The summed E-state index contributed by atoms with van der Waals surface area (Å²) in [6, 6.07) is 5.93. The number of halogens is 1. The number of hydrogen-bond acceptors (Lipinski definition) is 2. The molecule has 0 aliphatic heterocycles. The molecule has 106 valence electrons. The van der Waals surface area contributed by atoms with E-state index in [1.54, 1.807) is 12.1 Å². The van der Waals surface area contributed by atoms with Crippen molar-refractivity contribution in [3.63, 3.8) is 0 Å². The Morgan fingerprint density at radius 1 is 1.47 bits per heavy atom. The van der Waals surface area contributed by atoms with E-state index < -0.39 is 11.5 Å². The summed E-state index contributed by atoms with van der Waals surface area (Å²) >= 11 is 0. The molecule has 3 nitrogen and oxygen atoms in total. The van der Waals surface area contributed by atoms with Crippen molar-refractivity contribution in [1.29, 1.82) is 0 Å². The molecule has 0 fully saturated rings. The first-order valence-corrected chi connectivity index (χ1v) is 6.70. The number of benzene rings is 1. The molecule has 2 unspecified atom stereocenters. The third kappa shape index (κ3) is 3.94. The zero-order valence-electron chi connectivity index (χ0n) is 11.7. The normalized spacial score (nSPS) is 15.6. The van der Waals surface area contributed by atoms with Gasteiger partial charge in [0.1, 0.15) is 11.4 Å². The van der Waals surface area contributed by atoms with E-state index in [9.17, 15) is 14.3 Å². The van der Waals surface area contributed by atoms with Gasteiger partial charge >= 0.3 is 5.97 Å². The minimum Gasteiger partial charge on any atom is -0.480 e. The molecule has 1 aromatic rings. The monoisotopic (exact) mass is 267 g/mol. The van der Waals surface area contributed by atoms with Crippen LogP contribution in [0, 0.1) is 11.7 Å². The van der Waals surface area contributed by atoms with E-state index in [-0.39, 0.29) is 11.7 Å². The van der Waals surface area contributed by atoms with Gasteiger partial charge < -0.3 is 10.4 Å². The average Bonchev–Trinajstić information content (AvgIpc) is 2.37. The Morgan fingerprint density at radius 2 is 2.16 bits per heavy atom. The maximum atomic E-state index is 13.2. The molecular formula is C15H22FNO2. The van der Waals surface area contributed by atoms with Gasteiger partial charge in [-0.2, -0.15) is 0 Å². The van der Waals surface area contributed by atoms with Gasteiger partial charge in [0.25, 0.3) is 0 Å². The molecule has 0 spiro atoms. The standard InChI is InChI=1S/C15H22FNO2/c1-4-11(3)10-15(5-2,14(18)19)17-13-8-6-7-12(16)9-13/h6-9,11,17H,4-5,10H2,1-3H3,(H,18,19). The second-order valence-electron chi connectivity index (χ2n) is 5.09. The Bertz CT molecular complexity index is 436. The van der Waals surface area contributed by atoms with Gasteiger partial charge in [-0.25, -0.2) is 9.18 Å². The van der Waals surface area contributed by atoms with E-state index in [1.165, 1.54) is 12.1 Å². The molecule has 0 bridgehead atoms.